The zero-order valence-corrected chi connectivity index (χ0v) is 14.4. The molecule has 1 aliphatic heterocycles. The van der Waals surface area contributed by atoms with Gasteiger partial charge in [-0.25, -0.2) is 0 Å². The molecule has 1 aromatic carbocycles. The Hall–Kier alpha value is -1.40. The number of ether oxygens (including phenoxy) is 1. The number of halogens is 1. The number of carbonyl (C=O) groups excluding carboxylic acids is 2. The second-order valence-electron chi connectivity index (χ2n) is 5.64. The molecule has 0 aromatic heterocycles. The summed E-state index contributed by atoms with van der Waals surface area (Å²) in [4.78, 5) is 26.0. The average Bonchev–Trinajstić information content (AvgIpc) is 2.42. The summed E-state index contributed by atoms with van der Waals surface area (Å²) >= 11 is 3.43. The van der Waals surface area contributed by atoms with E-state index in [9.17, 15) is 9.59 Å². The van der Waals surface area contributed by atoms with Gasteiger partial charge in [0.2, 0.25) is 5.91 Å². The summed E-state index contributed by atoms with van der Waals surface area (Å²) in [7, 11) is 0. The van der Waals surface area contributed by atoms with Gasteiger partial charge in [-0.1, -0.05) is 28.1 Å². The highest BCUT2D eigenvalue weighted by Crippen LogP contribution is 2.15. The highest BCUT2D eigenvalue weighted by molar-refractivity contribution is 9.10. The van der Waals surface area contributed by atoms with E-state index >= 15 is 0 Å². The molecule has 0 radical (unpaired) electrons. The molecule has 1 saturated heterocycles. The van der Waals surface area contributed by atoms with Crippen molar-refractivity contribution in [3.05, 3.63) is 34.3 Å². The molecule has 120 valence electrons. The molecule has 0 aliphatic carbocycles. The van der Waals surface area contributed by atoms with E-state index in [-0.39, 0.29) is 24.4 Å². The van der Waals surface area contributed by atoms with Crippen molar-refractivity contribution in [1.29, 1.82) is 0 Å². The Morgan fingerprint density at radius 3 is 2.95 bits per heavy atom. The van der Waals surface area contributed by atoms with Crippen LogP contribution in [0, 0.1) is 0 Å². The van der Waals surface area contributed by atoms with Crippen LogP contribution in [0.2, 0.25) is 0 Å². The molecule has 5 nitrogen and oxygen atoms in total. The largest absolute Gasteiger partial charge is 0.463 e. The topological polar surface area (TPSA) is 58.6 Å². The molecule has 1 heterocycles. The summed E-state index contributed by atoms with van der Waals surface area (Å²) < 4.78 is 6.11. The van der Waals surface area contributed by atoms with Gasteiger partial charge < -0.3 is 15.0 Å². The molecule has 1 N–H and O–H groups in total. The van der Waals surface area contributed by atoms with Gasteiger partial charge in [0, 0.05) is 24.1 Å². The van der Waals surface area contributed by atoms with Crippen molar-refractivity contribution in [3.8, 4) is 0 Å². The highest BCUT2D eigenvalue weighted by atomic mass is 79.9. The third-order valence-electron chi connectivity index (χ3n) is 3.38. The normalized spacial score (nSPS) is 18.6. The van der Waals surface area contributed by atoms with Crippen molar-refractivity contribution in [2.75, 3.05) is 13.1 Å². The fraction of sp³-hybridized carbons (Fsp3) is 0.500. The average molecular weight is 369 g/mol. The number of rotatable bonds is 5. The molecular formula is C16H21BrN2O3. The summed E-state index contributed by atoms with van der Waals surface area (Å²) in [5, 5.41) is 3.10. The van der Waals surface area contributed by atoms with Crippen LogP contribution in [0.5, 0.6) is 0 Å². The van der Waals surface area contributed by atoms with Gasteiger partial charge >= 0.3 is 5.97 Å². The van der Waals surface area contributed by atoms with Crippen LogP contribution >= 0.6 is 15.9 Å². The van der Waals surface area contributed by atoms with Crippen molar-refractivity contribution in [1.82, 2.24) is 10.2 Å². The van der Waals surface area contributed by atoms with Crippen LogP contribution in [-0.4, -0.2) is 42.0 Å². The number of nitrogens with zero attached hydrogens (tertiary/aromatic N) is 1. The van der Waals surface area contributed by atoms with E-state index in [2.05, 4.69) is 21.2 Å². The first-order valence-corrected chi connectivity index (χ1v) is 8.21. The molecule has 1 aliphatic rings. The maximum atomic E-state index is 12.5. The molecule has 1 amide bonds. The number of esters is 1. The number of piperazine rings is 1. The highest BCUT2D eigenvalue weighted by Gasteiger charge is 2.30. The SMILES string of the molecule is CC(C)OC(=O)CC1NCCN(Cc2cccc(Br)c2)C1=O. The number of hydrogen-bond acceptors (Lipinski definition) is 4. The predicted molar refractivity (Wildman–Crippen MR) is 87.2 cm³/mol. The van der Waals surface area contributed by atoms with Crippen molar-refractivity contribution in [2.24, 2.45) is 0 Å². The molecule has 1 unspecified atom stereocenters. The summed E-state index contributed by atoms with van der Waals surface area (Å²) in [5.41, 5.74) is 1.06. The Labute approximate surface area is 139 Å². The number of amides is 1. The minimum Gasteiger partial charge on any atom is -0.463 e. The van der Waals surface area contributed by atoms with Crippen molar-refractivity contribution in [3.63, 3.8) is 0 Å². The second kappa shape index (κ2) is 7.74. The van der Waals surface area contributed by atoms with Crippen LogP contribution in [0.1, 0.15) is 25.8 Å². The fourth-order valence-corrected chi connectivity index (χ4v) is 2.89. The molecule has 1 aromatic rings. The summed E-state index contributed by atoms with van der Waals surface area (Å²) in [5.74, 6) is -0.392. The van der Waals surface area contributed by atoms with Crippen molar-refractivity contribution in [2.45, 2.75) is 39.0 Å². The van der Waals surface area contributed by atoms with E-state index in [1.54, 1.807) is 18.7 Å². The third-order valence-corrected chi connectivity index (χ3v) is 3.88. The Morgan fingerprint density at radius 2 is 2.27 bits per heavy atom. The minimum absolute atomic E-state index is 0.0491. The lowest BCUT2D eigenvalue weighted by molar-refractivity contribution is -0.151. The molecule has 0 saturated carbocycles. The zero-order chi connectivity index (χ0) is 16.1. The molecule has 1 atom stereocenters. The smallest absolute Gasteiger partial charge is 0.308 e. The Bertz CT molecular complexity index is 548. The van der Waals surface area contributed by atoms with Crippen LogP contribution in [0.25, 0.3) is 0 Å². The van der Waals surface area contributed by atoms with E-state index in [0.717, 1.165) is 10.0 Å². The molecule has 22 heavy (non-hydrogen) atoms. The Morgan fingerprint density at radius 1 is 1.50 bits per heavy atom. The van der Waals surface area contributed by atoms with Gasteiger partial charge in [0.15, 0.2) is 0 Å². The number of nitrogens with one attached hydrogen (secondary N) is 1. The van der Waals surface area contributed by atoms with Gasteiger partial charge in [0.25, 0.3) is 0 Å². The van der Waals surface area contributed by atoms with Gasteiger partial charge in [0.1, 0.15) is 0 Å². The lowest BCUT2D eigenvalue weighted by Gasteiger charge is -2.33. The van der Waals surface area contributed by atoms with Gasteiger partial charge in [-0.15, -0.1) is 0 Å². The van der Waals surface area contributed by atoms with E-state index < -0.39 is 6.04 Å². The van der Waals surface area contributed by atoms with Crippen LogP contribution in [0.4, 0.5) is 0 Å². The lowest BCUT2D eigenvalue weighted by Crippen LogP contribution is -2.55. The molecular weight excluding hydrogens is 348 g/mol. The van der Waals surface area contributed by atoms with E-state index in [0.29, 0.717) is 19.6 Å². The summed E-state index contributed by atoms with van der Waals surface area (Å²) in [6, 6.07) is 7.39. The maximum absolute atomic E-state index is 12.5. The fourth-order valence-electron chi connectivity index (χ4n) is 2.44. The van der Waals surface area contributed by atoms with E-state index in [4.69, 9.17) is 4.74 Å². The molecule has 2 rings (SSSR count). The van der Waals surface area contributed by atoms with Crippen molar-refractivity contribution < 1.29 is 14.3 Å². The molecule has 6 heteroatoms. The maximum Gasteiger partial charge on any atom is 0.308 e. The predicted octanol–water partition coefficient (Wildman–Crippen LogP) is 2.09. The van der Waals surface area contributed by atoms with Gasteiger partial charge in [0.05, 0.1) is 18.6 Å². The Kier molecular flexibility index (Phi) is 5.97. The quantitative estimate of drug-likeness (QED) is 0.808. The van der Waals surface area contributed by atoms with Gasteiger partial charge in [-0.2, -0.15) is 0 Å². The van der Waals surface area contributed by atoms with Crippen molar-refractivity contribution >= 4 is 27.8 Å². The minimum atomic E-state index is -0.493. The van der Waals surface area contributed by atoms with Crippen LogP contribution in [0.15, 0.2) is 28.7 Å². The Balaban J connectivity index is 1.96. The number of hydrogen-bond donors (Lipinski definition) is 1. The monoisotopic (exact) mass is 368 g/mol. The van der Waals surface area contributed by atoms with Gasteiger partial charge in [-0.05, 0) is 31.5 Å². The van der Waals surface area contributed by atoms with Gasteiger partial charge in [-0.3, -0.25) is 9.59 Å². The summed E-state index contributed by atoms with van der Waals surface area (Å²) in [6.07, 6.45) is -0.0876. The summed E-state index contributed by atoms with van der Waals surface area (Å²) in [6.45, 7) is 5.47. The number of benzene rings is 1. The third kappa shape index (κ3) is 4.81. The van der Waals surface area contributed by atoms with Crippen LogP contribution < -0.4 is 5.32 Å². The lowest BCUT2D eigenvalue weighted by atomic mass is 10.1. The standard InChI is InChI=1S/C16H21BrN2O3/c1-11(2)22-15(20)9-14-16(21)19(7-6-18-14)10-12-4-3-5-13(17)8-12/h3-5,8,11,14,18H,6-7,9-10H2,1-2H3. The first-order valence-electron chi connectivity index (χ1n) is 7.42. The first kappa shape index (κ1) is 17.0. The molecule has 1 fully saturated rings. The molecule has 0 bridgehead atoms. The second-order valence-corrected chi connectivity index (χ2v) is 6.55. The number of carbonyl (C=O) groups is 2. The van der Waals surface area contributed by atoms with E-state index in [1.807, 2.05) is 24.3 Å². The molecule has 0 spiro atoms. The zero-order valence-electron chi connectivity index (χ0n) is 12.8. The first-order chi connectivity index (χ1) is 10.5. The van der Waals surface area contributed by atoms with Crippen LogP contribution in [0.3, 0.4) is 0 Å². The van der Waals surface area contributed by atoms with E-state index in [1.165, 1.54) is 0 Å². The van der Waals surface area contributed by atoms with Crippen LogP contribution in [-0.2, 0) is 20.9 Å².